The molecule has 2 aromatic heterocycles. The number of nitriles is 1. The van der Waals surface area contributed by atoms with Crippen molar-refractivity contribution >= 4 is 56.9 Å². The Bertz CT molecular complexity index is 1230. The summed E-state index contributed by atoms with van der Waals surface area (Å²) >= 11 is 4.34. The lowest BCUT2D eigenvalue weighted by Crippen LogP contribution is -2.26. The summed E-state index contributed by atoms with van der Waals surface area (Å²) in [5.74, 6) is 0.520. The van der Waals surface area contributed by atoms with Crippen molar-refractivity contribution in [3.8, 4) is 6.07 Å². The number of thiophene rings is 2. The van der Waals surface area contributed by atoms with Gasteiger partial charge in [-0.1, -0.05) is 32.9 Å². The lowest BCUT2D eigenvalue weighted by Gasteiger charge is -2.33. The molecule has 2 amide bonds. The SMILES string of the molecule is CC(C)(C)C1CCc2c(sc(NC(=O)CSc3cccc(NC(=O)c4cccs4)c3)c2C#N)C1. The maximum Gasteiger partial charge on any atom is 0.265 e. The molecular formula is C26H27N3O2S3. The number of anilines is 2. The van der Waals surface area contributed by atoms with Gasteiger partial charge in [-0.2, -0.15) is 5.26 Å². The second-order valence-electron chi connectivity index (χ2n) is 9.42. The molecule has 0 radical (unpaired) electrons. The molecule has 0 spiro atoms. The first kappa shape index (κ1) is 24.5. The van der Waals surface area contributed by atoms with Crippen LogP contribution < -0.4 is 10.6 Å². The molecule has 2 N–H and O–H groups in total. The number of carbonyl (C=O) groups excluding carboxylic acids is 2. The highest BCUT2D eigenvalue weighted by atomic mass is 32.2. The zero-order valence-corrected chi connectivity index (χ0v) is 21.9. The quantitative estimate of drug-likeness (QED) is 0.357. The van der Waals surface area contributed by atoms with Crippen molar-refractivity contribution in [2.75, 3.05) is 16.4 Å². The molecule has 2 heterocycles. The van der Waals surface area contributed by atoms with Crippen LogP contribution in [0.15, 0.2) is 46.7 Å². The molecule has 176 valence electrons. The van der Waals surface area contributed by atoms with Crippen molar-refractivity contribution in [3.63, 3.8) is 0 Å². The van der Waals surface area contributed by atoms with Gasteiger partial charge in [0.1, 0.15) is 11.1 Å². The maximum absolute atomic E-state index is 12.7. The number of thioether (sulfide) groups is 1. The van der Waals surface area contributed by atoms with E-state index in [1.165, 1.54) is 28.0 Å². The number of hydrogen-bond donors (Lipinski definition) is 2. The number of rotatable bonds is 6. The summed E-state index contributed by atoms with van der Waals surface area (Å²) in [5, 5.41) is 18.2. The van der Waals surface area contributed by atoms with Gasteiger partial charge < -0.3 is 10.6 Å². The smallest absolute Gasteiger partial charge is 0.265 e. The molecular weight excluding hydrogens is 483 g/mol. The molecule has 0 saturated heterocycles. The molecule has 1 unspecified atom stereocenters. The number of benzene rings is 1. The van der Waals surface area contributed by atoms with E-state index in [1.54, 1.807) is 17.4 Å². The molecule has 0 saturated carbocycles. The van der Waals surface area contributed by atoms with Gasteiger partial charge in [-0.3, -0.25) is 9.59 Å². The fraction of sp³-hybridized carbons (Fsp3) is 0.346. The highest BCUT2D eigenvalue weighted by Crippen LogP contribution is 2.44. The molecule has 0 aliphatic heterocycles. The van der Waals surface area contributed by atoms with E-state index >= 15 is 0 Å². The van der Waals surface area contributed by atoms with Crippen LogP contribution in [0.25, 0.3) is 0 Å². The van der Waals surface area contributed by atoms with Gasteiger partial charge >= 0.3 is 0 Å². The minimum absolute atomic E-state index is 0.138. The number of amides is 2. The maximum atomic E-state index is 12.7. The third-order valence-electron chi connectivity index (χ3n) is 6.06. The summed E-state index contributed by atoms with van der Waals surface area (Å²) in [6.07, 6.45) is 2.93. The van der Waals surface area contributed by atoms with Gasteiger partial charge in [0.2, 0.25) is 5.91 Å². The normalized spacial score (nSPS) is 15.3. The van der Waals surface area contributed by atoms with E-state index in [2.05, 4.69) is 37.5 Å². The predicted molar refractivity (Wildman–Crippen MR) is 142 cm³/mol. The summed E-state index contributed by atoms with van der Waals surface area (Å²) in [6, 6.07) is 13.4. The van der Waals surface area contributed by atoms with E-state index in [0.717, 1.165) is 29.7 Å². The van der Waals surface area contributed by atoms with Gasteiger partial charge in [-0.25, -0.2) is 0 Å². The Morgan fingerprint density at radius 2 is 2.03 bits per heavy atom. The minimum atomic E-state index is -0.144. The molecule has 0 fully saturated rings. The van der Waals surface area contributed by atoms with Gasteiger partial charge in [-0.15, -0.1) is 34.4 Å². The standard InChI is InChI=1S/C26H27N3O2S3/c1-26(2,3)16-9-10-19-20(14-27)25(34-22(19)12-16)29-23(30)15-33-18-7-4-6-17(13-18)28-24(31)21-8-5-11-32-21/h4-8,11,13,16H,9-10,12,15H2,1-3H3,(H,28,31)(H,29,30). The van der Waals surface area contributed by atoms with Crippen molar-refractivity contribution in [1.29, 1.82) is 5.26 Å². The Balaban J connectivity index is 1.37. The van der Waals surface area contributed by atoms with Crippen LogP contribution in [0.2, 0.25) is 0 Å². The Labute approximate surface area is 212 Å². The number of nitrogens with zero attached hydrogens (tertiary/aromatic N) is 1. The third-order valence-corrected chi connectivity index (χ3v) is 9.09. The van der Waals surface area contributed by atoms with Crippen molar-refractivity contribution in [2.45, 2.75) is 44.9 Å². The van der Waals surface area contributed by atoms with E-state index < -0.39 is 0 Å². The zero-order chi connectivity index (χ0) is 24.3. The monoisotopic (exact) mass is 509 g/mol. The van der Waals surface area contributed by atoms with Crippen LogP contribution in [0, 0.1) is 22.7 Å². The first-order valence-corrected chi connectivity index (χ1v) is 13.8. The summed E-state index contributed by atoms with van der Waals surface area (Å²) < 4.78 is 0. The molecule has 1 atom stereocenters. The summed E-state index contributed by atoms with van der Waals surface area (Å²) in [7, 11) is 0. The van der Waals surface area contributed by atoms with Crippen molar-refractivity contribution in [2.24, 2.45) is 11.3 Å². The number of fused-ring (bicyclic) bond motifs is 1. The van der Waals surface area contributed by atoms with E-state index in [-0.39, 0.29) is 23.0 Å². The van der Waals surface area contributed by atoms with Crippen molar-refractivity contribution in [1.82, 2.24) is 0 Å². The van der Waals surface area contributed by atoms with Crippen LogP contribution >= 0.6 is 34.4 Å². The minimum Gasteiger partial charge on any atom is -0.321 e. The summed E-state index contributed by atoms with van der Waals surface area (Å²) in [5.41, 5.74) is 2.66. The topological polar surface area (TPSA) is 82.0 Å². The molecule has 0 bridgehead atoms. The van der Waals surface area contributed by atoms with E-state index in [1.807, 2.05) is 35.7 Å². The predicted octanol–water partition coefficient (Wildman–Crippen LogP) is 6.82. The largest absolute Gasteiger partial charge is 0.321 e. The Morgan fingerprint density at radius 3 is 2.74 bits per heavy atom. The first-order chi connectivity index (χ1) is 16.2. The molecule has 8 heteroatoms. The second-order valence-corrected chi connectivity index (χ2v) is 12.5. The molecule has 3 aromatic rings. The highest BCUT2D eigenvalue weighted by Gasteiger charge is 2.32. The molecule has 4 rings (SSSR count). The lowest BCUT2D eigenvalue weighted by atomic mass is 9.72. The Hall–Kier alpha value is -2.60. The van der Waals surface area contributed by atoms with Gasteiger partial charge in [0.05, 0.1) is 16.2 Å². The second kappa shape index (κ2) is 10.3. The highest BCUT2D eigenvalue weighted by molar-refractivity contribution is 8.00. The van der Waals surface area contributed by atoms with Crippen LogP contribution in [0.4, 0.5) is 10.7 Å². The number of carbonyl (C=O) groups is 2. The molecule has 1 aliphatic rings. The fourth-order valence-corrected chi connectivity index (χ4v) is 6.78. The Morgan fingerprint density at radius 1 is 1.21 bits per heavy atom. The molecule has 34 heavy (non-hydrogen) atoms. The van der Waals surface area contributed by atoms with Gasteiger partial charge in [0.25, 0.3) is 5.91 Å². The van der Waals surface area contributed by atoms with E-state index in [4.69, 9.17) is 0 Å². The fourth-order valence-electron chi connectivity index (χ4n) is 4.11. The van der Waals surface area contributed by atoms with Crippen LogP contribution in [0.5, 0.6) is 0 Å². The van der Waals surface area contributed by atoms with Crippen LogP contribution in [-0.2, 0) is 17.6 Å². The summed E-state index contributed by atoms with van der Waals surface area (Å²) in [4.78, 5) is 27.8. The van der Waals surface area contributed by atoms with Gasteiger partial charge in [0, 0.05) is 15.5 Å². The van der Waals surface area contributed by atoms with Crippen molar-refractivity contribution in [3.05, 3.63) is 62.7 Å². The Kier molecular flexibility index (Phi) is 7.46. The number of hydrogen-bond acceptors (Lipinski definition) is 6. The van der Waals surface area contributed by atoms with Gasteiger partial charge in [0.15, 0.2) is 0 Å². The van der Waals surface area contributed by atoms with E-state index in [0.29, 0.717) is 27.0 Å². The van der Waals surface area contributed by atoms with Crippen molar-refractivity contribution < 1.29 is 9.59 Å². The first-order valence-electron chi connectivity index (χ1n) is 11.2. The molecule has 5 nitrogen and oxygen atoms in total. The zero-order valence-electron chi connectivity index (χ0n) is 19.4. The van der Waals surface area contributed by atoms with Gasteiger partial charge in [-0.05, 0) is 65.8 Å². The van der Waals surface area contributed by atoms with Crippen LogP contribution in [0.1, 0.15) is 52.9 Å². The number of nitrogens with one attached hydrogen (secondary N) is 2. The summed E-state index contributed by atoms with van der Waals surface area (Å²) in [6.45, 7) is 6.80. The van der Waals surface area contributed by atoms with Crippen LogP contribution in [-0.4, -0.2) is 17.6 Å². The third kappa shape index (κ3) is 5.72. The average molecular weight is 510 g/mol. The molecule has 1 aliphatic carbocycles. The average Bonchev–Trinajstić information content (AvgIpc) is 3.44. The van der Waals surface area contributed by atoms with E-state index in [9.17, 15) is 14.9 Å². The lowest BCUT2D eigenvalue weighted by molar-refractivity contribution is -0.113. The van der Waals surface area contributed by atoms with Crippen LogP contribution in [0.3, 0.4) is 0 Å². The molecule has 1 aromatic carbocycles.